The van der Waals surface area contributed by atoms with Crippen molar-refractivity contribution in [2.45, 2.75) is 32.0 Å². The van der Waals surface area contributed by atoms with Gasteiger partial charge in [-0.25, -0.2) is 4.79 Å². The fourth-order valence-corrected chi connectivity index (χ4v) is 2.12. The van der Waals surface area contributed by atoms with Gasteiger partial charge in [-0.2, -0.15) is 0 Å². The summed E-state index contributed by atoms with van der Waals surface area (Å²) in [5.41, 5.74) is 1.15. The molecule has 0 bridgehead atoms. The Morgan fingerprint density at radius 3 is 2.53 bits per heavy atom. The van der Waals surface area contributed by atoms with E-state index >= 15 is 0 Å². The van der Waals surface area contributed by atoms with E-state index in [9.17, 15) is 4.79 Å². The standard InChI is InChI=1S/C16H18O3/c1-4-12(13-8-6-5-7-9-13)10-14-11-15(17)19-16(2,3)18-14/h4-9,11-12H,1,10H2,2-3H3. The van der Waals surface area contributed by atoms with Gasteiger partial charge in [0.15, 0.2) is 0 Å². The van der Waals surface area contributed by atoms with E-state index in [1.54, 1.807) is 13.8 Å². The highest BCUT2D eigenvalue weighted by Crippen LogP contribution is 2.30. The van der Waals surface area contributed by atoms with Crippen molar-refractivity contribution in [3.63, 3.8) is 0 Å². The second-order valence-electron chi connectivity index (χ2n) is 4.99. The highest BCUT2D eigenvalue weighted by Gasteiger charge is 2.30. The van der Waals surface area contributed by atoms with Crippen molar-refractivity contribution in [3.8, 4) is 0 Å². The Hall–Kier alpha value is -2.03. The van der Waals surface area contributed by atoms with Crippen molar-refractivity contribution in [1.82, 2.24) is 0 Å². The minimum Gasteiger partial charge on any atom is -0.457 e. The molecule has 1 heterocycles. The molecule has 0 spiro atoms. The van der Waals surface area contributed by atoms with Crippen LogP contribution in [0.2, 0.25) is 0 Å². The number of carbonyl (C=O) groups excluding carboxylic acids is 1. The van der Waals surface area contributed by atoms with Gasteiger partial charge >= 0.3 is 5.97 Å². The maximum atomic E-state index is 11.5. The van der Waals surface area contributed by atoms with Crippen LogP contribution in [0.3, 0.4) is 0 Å². The van der Waals surface area contributed by atoms with E-state index in [2.05, 4.69) is 6.58 Å². The number of hydrogen-bond acceptors (Lipinski definition) is 3. The molecule has 0 saturated carbocycles. The highest BCUT2D eigenvalue weighted by atomic mass is 16.7. The third-order valence-corrected chi connectivity index (χ3v) is 2.94. The smallest absolute Gasteiger partial charge is 0.337 e. The number of esters is 1. The van der Waals surface area contributed by atoms with E-state index in [-0.39, 0.29) is 11.9 Å². The van der Waals surface area contributed by atoms with Crippen molar-refractivity contribution < 1.29 is 14.3 Å². The summed E-state index contributed by atoms with van der Waals surface area (Å²) in [6.07, 6.45) is 3.88. The fraction of sp³-hybridized carbons (Fsp3) is 0.312. The van der Waals surface area contributed by atoms with Gasteiger partial charge in [0.1, 0.15) is 5.76 Å². The van der Waals surface area contributed by atoms with Gasteiger partial charge in [0.2, 0.25) is 5.79 Å². The summed E-state index contributed by atoms with van der Waals surface area (Å²) < 4.78 is 10.7. The van der Waals surface area contributed by atoms with E-state index in [1.807, 2.05) is 36.4 Å². The van der Waals surface area contributed by atoms with Crippen LogP contribution in [0.25, 0.3) is 0 Å². The molecular weight excluding hydrogens is 240 g/mol. The molecule has 100 valence electrons. The van der Waals surface area contributed by atoms with E-state index in [0.717, 1.165) is 5.56 Å². The summed E-state index contributed by atoms with van der Waals surface area (Å²) >= 11 is 0. The van der Waals surface area contributed by atoms with Crippen molar-refractivity contribution in [1.29, 1.82) is 0 Å². The third-order valence-electron chi connectivity index (χ3n) is 2.94. The van der Waals surface area contributed by atoms with Crippen LogP contribution in [0.1, 0.15) is 31.7 Å². The lowest BCUT2D eigenvalue weighted by Crippen LogP contribution is -2.34. The van der Waals surface area contributed by atoms with Crippen LogP contribution in [-0.4, -0.2) is 11.8 Å². The lowest BCUT2D eigenvalue weighted by molar-refractivity contribution is -0.206. The van der Waals surface area contributed by atoms with Gasteiger partial charge in [0.05, 0.1) is 6.08 Å². The Balaban J connectivity index is 2.15. The second-order valence-corrected chi connectivity index (χ2v) is 4.99. The fourth-order valence-electron chi connectivity index (χ4n) is 2.12. The maximum absolute atomic E-state index is 11.5. The van der Waals surface area contributed by atoms with Crippen LogP contribution >= 0.6 is 0 Å². The summed E-state index contributed by atoms with van der Waals surface area (Å²) in [4.78, 5) is 11.5. The monoisotopic (exact) mass is 258 g/mol. The first-order valence-corrected chi connectivity index (χ1v) is 6.30. The van der Waals surface area contributed by atoms with E-state index < -0.39 is 5.79 Å². The Labute approximate surface area is 113 Å². The average Bonchev–Trinajstić information content (AvgIpc) is 2.34. The topological polar surface area (TPSA) is 35.5 Å². The van der Waals surface area contributed by atoms with Gasteiger partial charge in [0, 0.05) is 26.2 Å². The molecule has 0 aromatic heterocycles. The molecule has 1 aliphatic rings. The third kappa shape index (κ3) is 3.47. The first kappa shape index (κ1) is 13.4. The molecule has 0 amide bonds. The van der Waals surface area contributed by atoms with Gasteiger partial charge in [-0.15, -0.1) is 6.58 Å². The average molecular weight is 258 g/mol. The minimum absolute atomic E-state index is 0.120. The van der Waals surface area contributed by atoms with Gasteiger partial charge in [0.25, 0.3) is 0 Å². The molecule has 1 aromatic carbocycles. The zero-order valence-electron chi connectivity index (χ0n) is 11.3. The van der Waals surface area contributed by atoms with Crippen molar-refractivity contribution >= 4 is 5.97 Å². The molecule has 3 nitrogen and oxygen atoms in total. The van der Waals surface area contributed by atoms with E-state index in [4.69, 9.17) is 9.47 Å². The summed E-state index contributed by atoms with van der Waals surface area (Å²) in [5, 5.41) is 0. The van der Waals surface area contributed by atoms with Crippen molar-refractivity contribution in [3.05, 3.63) is 60.4 Å². The van der Waals surface area contributed by atoms with Crippen LogP contribution in [0.15, 0.2) is 54.8 Å². The molecule has 0 radical (unpaired) electrons. The maximum Gasteiger partial charge on any atom is 0.337 e. The van der Waals surface area contributed by atoms with E-state index in [0.29, 0.717) is 12.2 Å². The largest absolute Gasteiger partial charge is 0.457 e. The summed E-state index contributed by atoms with van der Waals surface area (Å²) in [6, 6.07) is 10.0. The molecular formula is C16H18O3. The van der Waals surface area contributed by atoms with Crippen molar-refractivity contribution in [2.75, 3.05) is 0 Å². The molecule has 1 atom stereocenters. The van der Waals surface area contributed by atoms with Gasteiger partial charge in [-0.1, -0.05) is 36.4 Å². The lowest BCUT2D eigenvalue weighted by atomic mass is 9.94. The Morgan fingerprint density at radius 2 is 1.95 bits per heavy atom. The molecule has 1 aromatic rings. The van der Waals surface area contributed by atoms with E-state index in [1.165, 1.54) is 6.08 Å². The number of rotatable bonds is 4. The van der Waals surface area contributed by atoms with Crippen LogP contribution in [-0.2, 0) is 14.3 Å². The number of cyclic esters (lactones) is 1. The highest BCUT2D eigenvalue weighted by molar-refractivity contribution is 5.83. The molecule has 0 saturated heterocycles. The summed E-state index contributed by atoms with van der Waals surface area (Å²) in [5.74, 6) is -0.505. The summed E-state index contributed by atoms with van der Waals surface area (Å²) in [7, 11) is 0. The SMILES string of the molecule is C=CC(CC1=CC(=O)OC(C)(C)O1)c1ccccc1. The number of benzene rings is 1. The predicted molar refractivity (Wildman–Crippen MR) is 73.3 cm³/mol. The van der Waals surface area contributed by atoms with Gasteiger partial charge < -0.3 is 9.47 Å². The predicted octanol–water partition coefficient (Wildman–Crippen LogP) is 3.54. The lowest BCUT2D eigenvalue weighted by Gasteiger charge is -2.31. The van der Waals surface area contributed by atoms with Gasteiger partial charge in [-0.3, -0.25) is 0 Å². The molecule has 3 heteroatoms. The zero-order valence-corrected chi connectivity index (χ0v) is 11.3. The number of hydrogen-bond donors (Lipinski definition) is 0. The van der Waals surface area contributed by atoms with Crippen LogP contribution in [0.4, 0.5) is 0 Å². The quantitative estimate of drug-likeness (QED) is 0.612. The van der Waals surface area contributed by atoms with Crippen LogP contribution < -0.4 is 0 Å². The first-order valence-electron chi connectivity index (χ1n) is 6.30. The Morgan fingerprint density at radius 1 is 1.26 bits per heavy atom. The Bertz CT molecular complexity index is 500. The second kappa shape index (κ2) is 5.31. The van der Waals surface area contributed by atoms with Crippen molar-refractivity contribution in [2.24, 2.45) is 0 Å². The molecule has 0 fully saturated rings. The van der Waals surface area contributed by atoms with Crippen LogP contribution in [0, 0.1) is 0 Å². The van der Waals surface area contributed by atoms with Crippen LogP contribution in [0.5, 0.6) is 0 Å². The number of ether oxygens (including phenoxy) is 2. The molecule has 1 unspecified atom stereocenters. The molecule has 0 N–H and O–H groups in total. The summed E-state index contributed by atoms with van der Waals surface area (Å²) in [6.45, 7) is 7.31. The molecule has 0 aliphatic carbocycles. The minimum atomic E-state index is -0.899. The molecule has 19 heavy (non-hydrogen) atoms. The normalized spacial score (nSPS) is 18.8. The molecule has 1 aliphatic heterocycles. The molecule has 2 rings (SSSR count). The number of carbonyl (C=O) groups is 1. The first-order chi connectivity index (χ1) is 9.00. The Kier molecular flexibility index (Phi) is 3.74. The zero-order chi connectivity index (χ0) is 13.9. The van der Waals surface area contributed by atoms with Gasteiger partial charge in [-0.05, 0) is 5.56 Å². The number of allylic oxidation sites excluding steroid dienone is 2.